The van der Waals surface area contributed by atoms with Gasteiger partial charge in [0.2, 0.25) is 5.95 Å². The highest BCUT2D eigenvalue weighted by Crippen LogP contribution is 2.36. The summed E-state index contributed by atoms with van der Waals surface area (Å²) in [5, 5.41) is 3.01. The highest BCUT2D eigenvalue weighted by atomic mass is 79.9. The number of fused-ring (bicyclic) bond motifs is 2. The van der Waals surface area contributed by atoms with Gasteiger partial charge in [-0.2, -0.15) is 4.98 Å². The van der Waals surface area contributed by atoms with E-state index in [9.17, 15) is 18.8 Å². The Morgan fingerprint density at radius 2 is 1.79 bits per heavy atom. The zero-order valence-electron chi connectivity index (χ0n) is 17.5. The number of rotatable bonds is 3. The van der Waals surface area contributed by atoms with E-state index in [0.717, 1.165) is 4.90 Å². The maximum Gasteiger partial charge on any atom is 0.330 e. The van der Waals surface area contributed by atoms with Gasteiger partial charge in [0.15, 0.2) is 0 Å². The number of hydrogen-bond acceptors (Lipinski definition) is 6. The van der Waals surface area contributed by atoms with Crippen LogP contribution >= 0.6 is 15.9 Å². The maximum absolute atomic E-state index is 14.5. The zero-order valence-corrected chi connectivity index (χ0v) is 19.1. The number of halogens is 2. The molecule has 3 heterocycles. The second kappa shape index (κ2) is 7.62. The number of hydrogen-bond donors (Lipinski definition) is 1. The van der Waals surface area contributed by atoms with Crippen LogP contribution in [0.15, 0.2) is 47.1 Å². The van der Waals surface area contributed by atoms with Gasteiger partial charge in [0, 0.05) is 36.0 Å². The third kappa shape index (κ3) is 3.32. The molecule has 3 aromatic rings. The third-order valence-corrected chi connectivity index (χ3v) is 6.20. The number of aromatic nitrogens is 2. The number of imide groups is 1. The molecule has 0 fully saturated rings. The van der Waals surface area contributed by atoms with Crippen LogP contribution in [-0.2, 0) is 6.54 Å². The normalized spacial score (nSPS) is 15.2. The van der Waals surface area contributed by atoms with Crippen LogP contribution in [0.2, 0.25) is 0 Å². The van der Waals surface area contributed by atoms with Crippen LogP contribution in [-0.4, -0.2) is 46.8 Å². The Labute approximate surface area is 196 Å². The highest BCUT2D eigenvalue weighted by Gasteiger charge is 2.34. The van der Waals surface area contributed by atoms with Gasteiger partial charge in [-0.25, -0.2) is 14.2 Å². The van der Waals surface area contributed by atoms with Crippen molar-refractivity contribution in [2.75, 3.05) is 29.2 Å². The number of nitrogens with zero attached hydrogens (tertiary/aromatic N) is 5. The van der Waals surface area contributed by atoms with Crippen molar-refractivity contribution in [1.29, 1.82) is 0 Å². The number of nitrogens with one attached hydrogen (secondary N) is 1. The Bertz CT molecular complexity index is 1340. The molecule has 0 radical (unpaired) electrons. The SMILES string of the molecule is CN1C(=O)c2ccc(Nc3ncc4c(n3)N(C)C(=O)N(c3c(F)cccc3Br)C4)cc2C1=O. The van der Waals surface area contributed by atoms with Crippen molar-refractivity contribution < 1.29 is 18.8 Å². The summed E-state index contributed by atoms with van der Waals surface area (Å²) in [5.41, 5.74) is 1.93. The molecule has 1 aromatic heterocycles. The van der Waals surface area contributed by atoms with E-state index in [-0.39, 0.29) is 30.0 Å². The van der Waals surface area contributed by atoms with Gasteiger partial charge in [-0.05, 0) is 46.3 Å². The minimum Gasteiger partial charge on any atom is -0.324 e. The fraction of sp³-hybridized carbons (Fsp3) is 0.136. The standard InChI is InChI=1S/C22H16BrFN6O3/c1-28-18-11(10-30(22(28)33)17-15(23)4-3-5-16(17)24)9-25-21(27-18)26-12-6-7-13-14(8-12)20(32)29(2)19(13)31/h3-9H,10H2,1-2H3,(H,25,26,27). The zero-order chi connectivity index (χ0) is 23.4. The predicted octanol–water partition coefficient (Wildman–Crippen LogP) is 3.92. The summed E-state index contributed by atoms with van der Waals surface area (Å²) in [4.78, 5) is 49.8. The van der Waals surface area contributed by atoms with E-state index in [0.29, 0.717) is 32.7 Å². The lowest BCUT2D eigenvalue weighted by Crippen LogP contribution is -2.46. The quantitative estimate of drug-likeness (QED) is 0.536. The first kappa shape index (κ1) is 21.0. The predicted molar refractivity (Wildman–Crippen MR) is 122 cm³/mol. The van der Waals surface area contributed by atoms with E-state index in [1.54, 1.807) is 43.6 Å². The molecule has 11 heteroatoms. The van der Waals surface area contributed by atoms with E-state index in [4.69, 9.17) is 0 Å². The summed E-state index contributed by atoms with van der Waals surface area (Å²) in [6.45, 7) is 0.0973. The average Bonchev–Trinajstić information content (AvgIpc) is 3.01. The van der Waals surface area contributed by atoms with Crippen LogP contribution < -0.4 is 15.1 Å². The molecule has 2 aliphatic heterocycles. The average molecular weight is 511 g/mol. The van der Waals surface area contributed by atoms with Crippen LogP contribution in [0, 0.1) is 5.82 Å². The minimum atomic E-state index is -0.524. The molecule has 5 rings (SSSR count). The first-order valence-electron chi connectivity index (χ1n) is 9.85. The second-order valence-corrected chi connectivity index (χ2v) is 8.45. The molecule has 0 saturated heterocycles. The number of urea groups is 1. The van der Waals surface area contributed by atoms with E-state index in [2.05, 4.69) is 31.2 Å². The second-order valence-electron chi connectivity index (χ2n) is 7.60. The molecule has 0 spiro atoms. The number of anilines is 4. The molecule has 2 aromatic carbocycles. The first-order valence-corrected chi connectivity index (χ1v) is 10.6. The summed E-state index contributed by atoms with van der Waals surface area (Å²) < 4.78 is 14.9. The lowest BCUT2D eigenvalue weighted by Gasteiger charge is -2.34. The molecule has 166 valence electrons. The Morgan fingerprint density at radius 3 is 2.55 bits per heavy atom. The van der Waals surface area contributed by atoms with Gasteiger partial charge >= 0.3 is 6.03 Å². The monoisotopic (exact) mass is 510 g/mol. The van der Waals surface area contributed by atoms with Crippen LogP contribution in [0.3, 0.4) is 0 Å². The van der Waals surface area contributed by atoms with Crippen LogP contribution in [0.25, 0.3) is 0 Å². The Morgan fingerprint density at radius 1 is 1.03 bits per heavy atom. The molecule has 0 atom stereocenters. The Balaban J connectivity index is 1.45. The molecule has 33 heavy (non-hydrogen) atoms. The van der Waals surface area contributed by atoms with Gasteiger partial charge in [-0.1, -0.05) is 6.07 Å². The lowest BCUT2D eigenvalue weighted by atomic mass is 10.1. The number of amides is 4. The molecule has 9 nitrogen and oxygen atoms in total. The van der Waals surface area contributed by atoms with Crippen molar-refractivity contribution in [2.24, 2.45) is 0 Å². The smallest absolute Gasteiger partial charge is 0.324 e. The molecule has 0 bridgehead atoms. The Kier molecular flexibility index (Phi) is 4.85. The molecule has 4 amide bonds. The highest BCUT2D eigenvalue weighted by molar-refractivity contribution is 9.10. The van der Waals surface area contributed by atoms with Gasteiger partial charge in [0.1, 0.15) is 11.6 Å². The van der Waals surface area contributed by atoms with E-state index in [1.165, 1.54) is 22.9 Å². The van der Waals surface area contributed by atoms with Crippen molar-refractivity contribution in [3.05, 3.63) is 69.6 Å². The van der Waals surface area contributed by atoms with Crippen molar-refractivity contribution >= 4 is 56.9 Å². The fourth-order valence-electron chi connectivity index (χ4n) is 3.86. The van der Waals surface area contributed by atoms with Crippen molar-refractivity contribution in [3.8, 4) is 0 Å². The van der Waals surface area contributed by atoms with Crippen molar-refractivity contribution in [1.82, 2.24) is 14.9 Å². The maximum atomic E-state index is 14.5. The summed E-state index contributed by atoms with van der Waals surface area (Å²) in [7, 11) is 2.98. The lowest BCUT2D eigenvalue weighted by molar-refractivity contribution is 0.0693. The summed E-state index contributed by atoms with van der Waals surface area (Å²) in [6.07, 6.45) is 1.56. The summed E-state index contributed by atoms with van der Waals surface area (Å²) >= 11 is 3.31. The Hall–Kier alpha value is -3.86. The van der Waals surface area contributed by atoms with E-state index < -0.39 is 11.8 Å². The summed E-state index contributed by atoms with van der Waals surface area (Å²) in [6, 6.07) is 8.85. The topological polar surface area (TPSA) is 98.7 Å². The van der Waals surface area contributed by atoms with Gasteiger partial charge < -0.3 is 5.32 Å². The van der Waals surface area contributed by atoms with Crippen LogP contribution in [0.4, 0.5) is 32.3 Å². The van der Waals surface area contributed by atoms with E-state index >= 15 is 0 Å². The van der Waals surface area contributed by atoms with Crippen molar-refractivity contribution in [3.63, 3.8) is 0 Å². The molecule has 2 aliphatic rings. The molecule has 0 aliphatic carbocycles. The molecular formula is C22H16BrFN6O3. The van der Waals surface area contributed by atoms with Crippen LogP contribution in [0.5, 0.6) is 0 Å². The van der Waals surface area contributed by atoms with E-state index in [1.807, 2.05) is 0 Å². The number of benzene rings is 2. The molecule has 0 unspecified atom stereocenters. The number of para-hydroxylation sites is 1. The molecule has 1 N–H and O–H groups in total. The minimum absolute atomic E-state index is 0.0973. The molecular weight excluding hydrogens is 495 g/mol. The number of carbonyl (C=O) groups excluding carboxylic acids is 3. The summed E-state index contributed by atoms with van der Waals surface area (Å²) in [5.74, 6) is -0.663. The largest absolute Gasteiger partial charge is 0.330 e. The number of carbonyl (C=O) groups is 3. The fourth-order valence-corrected chi connectivity index (χ4v) is 4.42. The third-order valence-electron chi connectivity index (χ3n) is 5.56. The van der Waals surface area contributed by atoms with Gasteiger partial charge in [0.05, 0.1) is 23.4 Å². The van der Waals surface area contributed by atoms with Gasteiger partial charge in [0.25, 0.3) is 11.8 Å². The van der Waals surface area contributed by atoms with Gasteiger partial charge in [-0.3, -0.25) is 24.3 Å². The first-order chi connectivity index (χ1) is 15.8. The molecule has 0 saturated carbocycles. The van der Waals surface area contributed by atoms with Gasteiger partial charge in [-0.15, -0.1) is 0 Å². The van der Waals surface area contributed by atoms with Crippen LogP contribution in [0.1, 0.15) is 26.3 Å². The van der Waals surface area contributed by atoms with Crippen molar-refractivity contribution in [2.45, 2.75) is 6.54 Å².